The molecule has 0 aliphatic carbocycles. The number of halogens is 1. The lowest BCUT2D eigenvalue weighted by Crippen LogP contribution is -2.36. The Morgan fingerprint density at radius 1 is 1.26 bits per heavy atom. The molecular formula is C24H28ClN7O3. The number of amides is 1. The molecule has 0 spiro atoms. The van der Waals surface area contributed by atoms with E-state index < -0.39 is 0 Å². The molecule has 0 bridgehead atoms. The van der Waals surface area contributed by atoms with E-state index in [1.807, 2.05) is 24.7 Å². The fraction of sp³-hybridized carbons (Fsp3) is 0.333. The minimum atomic E-state index is -0.343. The largest absolute Gasteiger partial charge is 0.451 e. The Morgan fingerprint density at radius 3 is 2.69 bits per heavy atom. The minimum Gasteiger partial charge on any atom is -0.451 e. The predicted molar refractivity (Wildman–Crippen MR) is 136 cm³/mol. The molecule has 35 heavy (non-hydrogen) atoms. The van der Waals surface area contributed by atoms with Gasteiger partial charge in [-0.05, 0) is 43.9 Å². The highest BCUT2D eigenvalue weighted by atomic mass is 35.5. The van der Waals surface area contributed by atoms with E-state index in [1.54, 1.807) is 23.2 Å². The summed E-state index contributed by atoms with van der Waals surface area (Å²) in [7, 11) is 1.89. The number of hydrogen-bond donors (Lipinski definition) is 2. The van der Waals surface area contributed by atoms with Crippen LogP contribution in [0.4, 0.5) is 22.9 Å². The highest BCUT2D eigenvalue weighted by molar-refractivity contribution is 6.13. The molecule has 10 nitrogen and oxygen atoms in total. The number of rotatable bonds is 5. The molecule has 184 valence electrons. The molecule has 1 saturated heterocycles. The van der Waals surface area contributed by atoms with Crippen LogP contribution in [0.5, 0.6) is 0 Å². The lowest BCUT2D eigenvalue weighted by Gasteiger charge is -2.36. The second kappa shape index (κ2) is 9.93. The Kier molecular flexibility index (Phi) is 6.95. The average Bonchev–Trinajstić information content (AvgIpc) is 3.47. The zero-order valence-corrected chi connectivity index (χ0v) is 20.4. The van der Waals surface area contributed by atoms with Crippen molar-refractivity contribution in [1.29, 1.82) is 0 Å². The molecule has 1 fully saturated rings. The first-order chi connectivity index (χ1) is 16.5. The van der Waals surface area contributed by atoms with Crippen LogP contribution >= 0.6 is 12.4 Å². The molecule has 0 radical (unpaired) electrons. The first-order valence-corrected chi connectivity index (χ1v) is 11.2. The van der Waals surface area contributed by atoms with Crippen LogP contribution in [0, 0.1) is 12.8 Å². The van der Waals surface area contributed by atoms with Crippen LogP contribution in [0.15, 0.2) is 47.5 Å². The standard InChI is InChI=1S/C24H27N7O3.ClH/c1-15-18-10-21(30-7-4-16(12-32)5-8-30)22(11-20(18)29(2)28-15)31(17-3-6-26-23(25)9-17)24(33)19-13-34-14-27-19;/h3,6,9-11,13-14,16,32H,4-5,7-8,12H2,1-2H3,(H2,25,26);1H. The van der Waals surface area contributed by atoms with Gasteiger partial charge in [-0.3, -0.25) is 14.4 Å². The summed E-state index contributed by atoms with van der Waals surface area (Å²) in [5.74, 6) is 0.249. The zero-order valence-electron chi connectivity index (χ0n) is 19.6. The van der Waals surface area contributed by atoms with Crippen LogP contribution in [0.1, 0.15) is 29.0 Å². The van der Waals surface area contributed by atoms with Gasteiger partial charge in [0.1, 0.15) is 12.1 Å². The number of oxazole rings is 1. The van der Waals surface area contributed by atoms with E-state index in [9.17, 15) is 9.90 Å². The van der Waals surface area contributed by atoms with E-state index >= 15 is 0 Å². The summed E-state index contributed by atoms with van der Waals surface area (Å²) in [6.45, 7) is 3.71. The number of hydrogen-bond acceptors (Lipinski definition) is 8. The summed E-state index contributed by atoms with van der Waals surface area (Å²) in [6.07, 6.45) is 5.89. The summed E-state index contributed by atoms with van der Waals surface area (Å²) in [5.41, 5.74) is 10.2. The van der Waals surface area contributed by atoms with Gasteiger partial charge in [-0.15, -0.1) is 12.4 Å². The van der Waals surface area contributed by atoms with E-state index in [2.05, 4.69) is 26.0 Å². The SMILES string of the molecule is Cc1nn(C)c2cc(N(C(=O)c3cocn3)c3ccnc(N)c3)c(N3CCC(CO)CC3)cc12.Cl. The second-order valence-corrected chi connectivity index (χ2v) is 8.63. The Bertz CT molecular complexity index is 1330. The average molecular weight is 498 g/mol. The smallest absolute Gasteiger partial charge is 0.284 e. The van der Waals surface area contributed by atoms with Gasteiger partial charge in [0.2, 0.25) is 0 Å². The molecule has 1 aliphatic heterocycles. The van der Waals surface area contributed by atoms with Crippen LogP contribution in [0.2, 0.25) is 0 Å². The third kappa shape index (κ3) is 4.54. The van der Waals surface area contributed by atoms with E-state index in [4.69, 9.17) is 10.2 Å². The zero-order chi connectivity index (χ0) is 23.8. The minimum absolute atomic E-state index is 0. The molecule has 1 aliphatic rings. The number of carbonyl (C=O) groups is 1. The molecule has 0 atom stereocenters. The van der Waals surface area contributed by atoms with Crippen LogP contribution in [0.3, 0.4) is 0 Å². The Labute approximate surface area is 208 Å². The highest BCUT2D eigenvalue weighted by Crippen LogP contribution is 2.41. The number of aryl methyl sites for hydroxylation is 2. The van der Waals surface area contributed by atoms with Crippen LogP contribution in [-0.2, 0) is 7.05 Å². The highest BCUT2D eigenvalue weighted by Gasteiger charge is 2.29. The number of fused-ring (bicyclic) bond motifs is 1. The molecule has 1 aromatic carbocycles. The van der Waals surface area contributed by atoms with Gasteiger partial charge < -0.3 is 20.2 Å². The van der Waals surface area contributed by atoms with E-state index in [0.29, 0.717) is 17.2 Å². The topological polar surface area (TPSA) is 127 Å². The predicted octanol–water partition coefficient (Wildman–Crippen LogP) is 3.46. The number of nitrogens with two attached hydrogens (primary N) is 1. The fourth-order valence-electron chi connectivity index (χ4n) is 4.62. The molecule has 0 saturated carbocycles. The van der Waals surface area contributed by atoms with Crippen molar-refractivity contribution in [2.24, 2.45) is 13.0 Å². The van der Waals surface area contributed by atoms with Gasteiger partial charge in [0.15, 0.2) is 12.1 Å². The lowest BCUT2D eigenvalue weighted by molar-refractivity contribution is 0.0994. The lowest BCUT2D eigenvalue weighted by atomic mass is 9.97. The Morgan fingerprint density at radius 2 is 2.03 bits per heavy atom. The van der Waals surface area contributed by atoms with Crippen molar-refractivity contribution in [3.63, 3.8) is 0 Å². The fourth-order valence-corrected chi connectivity index (χ4v) is 4.62. The number of aromatic nitrogens is 4. The Hall–Kier alpha value is -3.63. The van der Waals surface area contributed by atoms with Crippen molar-refractivity contribution >= 4 is 52.1 Å². The first-order valence-electron chi connectivity index (χ1n) is 11.2. The normalized spacial score (nSPS) is 14.2. The molecule has 4 heterocycles. The molecule has 0 unspecified atom stereocenters. The van der Waals surface area contributed by atoms with Crippen LogP contribution in [-0.4, -0.2) is 50.5 Å². The third-order valence-corrected chi connectivity index (χ3v) is 6.46. The van der Waals surface area contributed by atoms with Crippen molar-refractivity contribution in [2.75, 3.05) is 35.2 Å². The summed E-state index contributed by atoms with van der Waals surface area (Å²) >= 11 is 0. The number of benzene rings is 1. The van der Waals surface area contributed by atoms with Gasteiger partial charge in [0.05, 0.1) is 28.3 Å². The molecular weight excluding hydrogens is 470 g/mol. The van der Waals surface area contributed by atoms with Gasteiger partial charge >= 0.3 is 0 Å². The maximum Gasteiger partial charge on any atom is 0.284 e. The van der Waals surface area contributed by atoms with E-state index in [0.717, 1.165) is 48.2 Å². The number of pyridine rings is 1. The quantitative estimate of drug-likeness (QED) is 0.429. The number of piperidine rings is 1. The molecule has 4 aromatic rings. The maximum absolute atomic E-state index is 13.7. The first kappa shape index (κ1) is 24.5. The monoisotopic (exact) mass is 497 g/mol. The van der Waals surface area contributed by atoms with Crippen molar-refractivity contribution < 1.29 is 14.3 Å². The summed E-state index contributed by atoms with van der Waals surface area (Å²) < 4.78 is 6.92. The number of anilines is 4. The van der Waals surface area contributed by atoms with Crippen molar-refractivity contribution in [3.05, 3.63) is 54.5 Å². The third-order valence-electron chi connectivity index (χ3n) is 6.46. The molecule has 5 rings (SSSR count). The number of nitrogens with zero attached hydrogens (tertiary/aromatic N) is 6. The maximum atomic E-state index is 13.7. The van der Waals surface area contributed by atoms with Gasteiger partial charge in [-0.25, -0.2) is 9.97 Å². The second-order valence-electron chi connectivity index (χ2n) is 8.63. The van der Waals surface area contributed by atoms with Gasteiger partial charge in [-0.1, -0.05) is 0 Å². The summed E-state index contributed by atoms with van der Waals surface area (Å²) in [6, 6.07) is 7.49. The van der Waals surface area contributed by atoms with Gasteiger partial charge in [0, 0.05) is 44.4 Å². The van der Waals surface area contributed by atoms with Crippen molar-refractivity contribution in [2.45, 2.75) is 19.8 Å². The van der Waals surface area contributed by atoms with E-state index in [-0.39, 0.29) is 36.5 Å². The number of carbonyl (C=O) groups excluding carboxylic acids is 1. The molecule has 1 amide bonds. The summed E-state index contributed by atoms with van der Waals surface area (Å²) in [4.78, 5) is 25.8. The molecule has 3 aromatic heterocycles. The van der Waals surface area contributed by atoms with Crippen molar-refractivity contribution in [1.82, 2.24) is 19.7 Å². The van der Waals surface area contributed by atoms with Gasteiger partial charge in [-0.2, -0.15) is 5.10 Å². The summed E-state index contributed by atoms with van der Waals surface area (Å²) in [5, 5.41) is 15.2. The van der Waals surface area contributed by atoms with Crippen molar-refractivity contribution in [3.8, 4) is 0 Å². The molecule has 3 N–H and O–H groups in total. The number of aliphatic hydroxyl groups excluding tert-OH is 1. The number of aliphatic hydroxyl groups is 1. The van der Waals surface area contributed by atoms with Crippen LogP contribution in [0.25, 0.3) is 10.9 Å². The Balaban J connectivity index is 0.00000289. The van der Waals surface area contributed by atoms with Crippen LogP contribution < -0.4 is 15.5 Å². The molecule has 11 heteroatoms. The van der Waals surface area contributed by atoms with E-state index in [1.165, 1.54) is 12.7 Å². The van der Waals surface area contributed by atoms with Gasteiger partial charge in [0.25, 0.3) is 5.91 Å². The number of nitrogen functional groups attached to an aromatic ring is 1.